The topological polar surface area (TPSA) is 123 Å². The minimum Gasteiger partial charge on any atom is -0.393 e. The third kappa shape index (κ3) is 7.57. The van der Waals surface area contributed by atoms with E-state index in [-0.39, 0.29) is 35.8 Å². The Kier molecular flexibility index (Phi) is 9.11. The zero-order valence-corrected chi connectivity index (χ0v) is 25.8. The van der Waals surface area contributed by atoms with Crippen LogP contribution < -0.4 is 16.0 Å². The number of halogens is 3. The van der Waals surface area contributed by atoms with Gasteiger partial charge in [-0.05, 0) is 62.6 Å². The van der Waals surface area contributed by atoms with Crippen LogP contribution in [0.25, 0.3) is 22.2 Å². The van der Waals surface area contributed by atoms with Crippen LogP contribution in [0.3, 0.4) is 0 Å². The summed E-state index contributed by atoms with van der Waals surface area (Å²) in [6.07, 6.45) is 0.230. The fraction of sp³-hybridized carbons (Fsp3) is 0.438. The molecule has 2 fully saturated rings. The van der Waals surface area contributed by atoms with Crippen LogP contribution in [0.5, 0.6) is 0 Å². The first-order chi connectivity index (χ1) is 22.0. The van der Waals surface area contributed by atoms with E-state index >= 15 is 0 Å². The maximum absolute atomic E-state index is 14.0. The molecule has 0 bridgehead atoms. The van der Waals surface area contributed by atoms with Crippen molar-refractivity contribution >= 4 is 34.4 Å². The third-order valence-electron chi connectivity index (χ3n) is 8.69. The molecule has 1 saturated heterocycles. The van der Waals surface area contributed by atoms with Crippen molar-refractivity contribution in [1.29, 1.82) is 0 Å². The van der Waals surface area contributed by atoms with E-state index in [1.807, 2.05) is 30.1 Å². The molecular weight excluding hydrogens is 599 g/mol. The number of hydrogen-bond donors (Lipinski definition) is 4. The van der Waals surface area contributed by atoms with Gasteiger partial charge in [-0.15, -0.1) is 0 Å². The number of aryl methyl sites for hydroxylation is 1. The number of carbonyl (C=O) groups is 1. The molecule has 0 atom stereocenters. The van der Waals surface area contributed by atoms with Crippen molar-refractivity contribution in [1.82, 2.24) is 29.5 Å². The van der Waals surface area contributed by atoms with Crippen molar-refractivity contribution in [3.05, 3.63) is 59.8 Å². The van der Waals surface area contributed by atoms with Gasteiger partial charge in [0, 0.05) is 74.7 Å². The molecule has 4 aromatic rings. The summed E-state index contributed by atoms with van der Waals surface area (Å²) < 4.78 is 43.5. The van der Waals surface area contributed by atoms with Gasteiger partial charge in [0.15, 0.2) is 5.82 Å². The minimum atomic E-state index is -4.56. The standard InChI is InChI=1S/C32H38F3N9O2/c1-42-11-13-44(14-12-42)19-21-3-5-24(16-26(21)32(33,34)35)38-31(46)40-29-17-28(43(2)41-29)20-4-10-27-22(15-20)18-36-30(39-27)37-23-6-8-25(45)9-7-23/h3-5,10,15-18,23,25,45H,6-9,11-14,19H2,1-2H3,(H,36,37,39)(H2,38,40,41,46)/t23-,25-. The number of likely N-dealkylation sites (N-methyl/N-ethyl adjacent to an activating group) is 1. The Morgan fingerprint density at radius 2 is 1.74 bits per heavy atom. The Morgan fingerprint density at radius 3 is 2.48 bits per heavy atom. The Balaban J connectivity index is 1.11. The zero-order valence-electron chi connectivity index (χ0n) is 25.8. The summed E-state index contributed by atoms with van der Waals surface area (Å²) in [7, 11) is 3.73. The predicted molar refractivity (Wildman–Crippen MR) is 170 cm³/mol. The molecule has 2 aromatic carbocycles. The average Bonchev–Trinajstić information content (AvgIpc) is 3.38. The summed E-state index contributed by atoms with van der Waals surface area (Å²) in [5.74, 6) is 0.790. The number of aliphatic hydroxyl groups is 1. The monoisotopic (exact) mass is 637 g/mol. The molecule has 4 N–H and O–H groups in total. The molecule has 244 valence electrons. The van der Waals surface area contributed by atoms with Gasteiger partial charge in [-0.2, -0.15) is 18.3 Å². The number of piperazine rings is 1. The molecule has 1 aliphatic heterocycles. The number of aromatic nitrogens is 4. The van der Waals surface area contributed by atoms with E-state index in [9.17, 15) is 23.1 Å². The van der Waals surface area contributed by atoms with Crippen LogP contribution in [0.15, 0.2) is 48.7 Å². The molecule has 11 nitrogen and oxygen atoms in total. The van der Waals surface area contributed by atoms with Gasteiger partial charge in [0.2, 0.25) is 5.95 Å². The summed E-state index contributed by atoms with van der Waals surface area (Å²) in [4.78, 5) is 26.1. The number of nitrogens with zero attached hydrogens (tertiary/aromatic N) is 6. The lowest BCUT2D eigenvalue weighted by atomic mass is 9.93. The van der Waals surface area contributed by atoms with Crippen LogP contribution in [0.1, 0.15) is 36.8 Å². The first kappa shape index (κ1) is 31.7. The van der Waals surface area contributed by atoms with Gasteiger partial charge in [-0.1, -0.05) is 12.1 Å². The van der Waals surface area contributed by atoms with E-state index in [0.29, 0.717) is 24.7 Å². The molecule has 14 heteroatoms. The second kappa shape index (κ2) is 13.2. The summed E-state index contributed by atoms with van der Waals surface area (Å²) in [5, 5.41) is 23.4. The summed E-state index contributed by atoms with van der Waals surface area (Å²) in [6, 6.07) is 10.8. The third-order valence-corrected chi connectivity index (χ3v) is 8.69. The number of nitrogens with one attached hydrogen (secondary N) is 3. The van der Waals surface area contributed by atoms with Crippen LogP contribution in [-0.4, -0.2) is 86.1 Å². The maximum Gasteiger partial charge on any atom is 0.416 e. The number of carbonyl (C=O) groups excluding carboxylic acids is 1. The number of rotatable bonds is 7. The molecule has 3 heterocycles. The van der Waals surface area contributed by atoms with E-state index in [1.165, 1.54) is 12.1 Å². The van der Waals surface area contributed by atoms with Crippen LogP contribution in [0, 0.1) is 0 Å². The van der Waals surface area contributed by atoms with Gasteiger partial charge in [0.25, 0.3) is 0 Å². The molecule has 2 amide bonds. The van der Waals surface area contributed by atoms with Crippen LogP contribution in [-0.2, 0) is 19.8 Å². The zero-order chi connectivity index (χ0) is 32.4. The number of aliphatic hydroxyl groups excluding tert-OH is 1. The lowest BCUT2D eigenvalue weighted by molar-refractivity contribution is -0.138. The van der Waals surface area contributed by atoms with Gasteiger partial charge in [0.05, 0.1) is 22.9 Å². The first-order valence-electron chi connectivity index (χ1n) is 15.4. The fourth-order valence-corrected chi connectivity index (χ4v) is 6.05. The minimum absolute atomic E-state index is 0.0348. The molecule has 2 aromatic heterocycles. The largest absolute Gasteiger partial charge is 0.416 e. The second-order valence-electron chi connectivity index (χ2n) is 12.2. The van der Waals surface area contributed by atoms with Crippen LogP contribution in [0.4, 0.5) is 35.4 Å². The van der Waals surface area contributed by atoms with Gasteiger partial charge in [0.1, 0.15) is 0 Å². The molecule has 0 spiro atoms. The fourth-order valence-electron chi connectivity index (χ4n) is 6.05. The Hall–Kier alpha value is -4.27. The predicted octanol–water partition coefficient (Wildman–Crippen LogP) is 5.16. The number of amides is 2. The van der Waals surface area contributed by atoms with E-state index in [0.717, 1.165) is 61.3 Å². The number of benzene rings is 2. The smallest absolute Gasteiger partial charge is 0.393 e. The molecule has 2 aliphatic rings. The van der Waals surface area contributed by atoms with Crippen molar-refractivity contribution in [3.63, 3.8) is 0 Å². The average molecular weight is 638 g/mol. The van der Waals surface area contributed by atoms with Crippen molar-refractivity contribution in [3.8, 4) is 11.3 Å². The lowest BCUT2D eigenvalue weighted by Crippen LogP contribution is -2.44. The van der Waals surface area contributed by atoms with E-state index < -0.39 is 17.8 Å². The maximum atomic E-state index is 14.0. The molecule has 6 rings (SSSR count). The van der Waals surface area contributed by atoms with Crippen molar-refractivity contribution < 1.29 is 23.1 Å². The number of anilines is 3. The van der Waals surface area contributed by atoms with Crippen LogP contribution >= 0.6 is 0 Å². The first-order valence-corrected chi connectivity index (χ1v) is 15.4. The Labute approximate surface area is 264 Å². The highest BCUT2D eigenvalue weighted by atomic mass is 19.4. The van der Waals surface area contributed by atoms with Gasteiger partial charge < -0.3 is 20.6 Å². The highest BCUT2D eigenvalue weighted by Gasteiger charge is 2.34. The van der Waals surface area contributed by atoms with Crippen molar-refractivity contribution in [2.45, 2.75) is 50.6 Å². The summed E-state index contributed by atoms with van der Waals surface area (Å²) in [5.41, 5.74) is 1.76. The van der Waals surface area contributed by atoms with Gasteiger partial charge in [-0.3, -0.25) is 14.9 Å². The van der Waals surface area contributed by atoms with E-state index in [4.69, 9.17) is 0 Å². The van der Waals surface area contributed by atoms with Crippen molar-refractivity contribution in [2.75, 3.05) is 49.2 Å². The summed E-state index contributed by atoms with van der Waals surface area (Å²) >= 11 is 0. The van der Waals surface area contributed by atoms with E-state index in [1.54, 1.807) is 24.0 Å². The molecule has 0 unspecified atom stereocenters. The quantitative estimate of drug-likeness (QED) is 0.219. The Morgan fingerprint density at radius 1 is 0.978 bits per heavy atom. The molecule has 1 aliphatic carbocycles. The van der Waals surface area contributed by atoms with Crippen LogP contribution in [0.2, 0.25) is 0 Å². The lowest BCUT2D eigenvalue weighted by Gasteiger charge is -2.33. The Bertz CT molecular complexity index is 1690. The van der Waals surface area contributed by atoms with Gasteiger partial charge in [-0.25, -0.2) is 14.8 Å². The normalized spacial score (nSPS) is 19.7. The molecule has 1 saturated carbocycles. The molecular formula is C32H38F3N9O2. The number of alkyl halides is 3. The number of urea groups is 1. The summed E-state index contributed by atoms with van der Waals surface area (Å²) in [6.45, 7) is 3.19. The molecule has 46 heavy (non-hydrogen) atoms. The van der Waals surface area contributed by atoms with E-state index in [2.05, 4.69) is 35.9 Å². The SMILES string of the molecule is CN1CCN(Cc2ccc(NC(=O)Nc3cc(-c4ccc5nc(N[C@H]6CC[C@H](O)CC6)ncc5c4)n(C)n3)cc2C(F)(F)F)CC1. The van der Waals surface area contributed by atoms with Gasteiger partial charge >= 0.3 is 12.2 Å². The molecule has 0 radical (unpaired) electrons. The number of fused-ring (bicyclic) bond motifs is 1. The highest BCUT2D eigenvalue weighted by molar-refractivity contribution is 5.99. The highest BCUT2D eigenvalue weighted by Crippen LogP contribution is 2.35. The number of hydrogen-bond acceptors (Lipinski definition) is 8. The second-order valence-corrected chi connectivity index (χ2v) is 12.2. The van der Waals surface area contributed by atoms with Crippen molar-refractivity contribution in [2.24, 2.45) is 7.05 Å².